The lowest BCUT2D eigenvalue weighted by atomic mass is 9.72. The summed E-state index contributed by atoms with van der Waals surface area (Å²) >= 11 is 7.06. The van der Waals surface area contributed by atoms with Gasteiger partial charge in [0.1, 0.15) is 17.6 Å². The number of phenolic OH excluding ortho intramolecular Hbond substituents is 1. The molecule has 1 saturated carbocycles. The van der Waals surface area contributed by atoms with Gasteiger partial charge in [-0.2, -0.15) is 0 Å². The summed E-state index contributed by atoms with van der Waals surface area (Å²) in [4.78, 5) is 0. The first-order chi connectivity index (χ1) is 11.6. The molecule has 4 rings (SSSR count). The van der Waals surface area contributed by atoms with Crippen molar-refractivity contribution in [1.29, 1.82) is 0 Å². The minimum atomic E-state index is 0.239. The number of hydrogen-bond donors (Lipinski definition) is 1. The molecular formula is C20H20Br2O2. The second kappa shape index (κ2) is 6.72. The third kappa shape index (κ3) is 2.99. The molecule has 3 atom stereocenters. The second-order valence-electron chi connectivity index (χ2n) is 6.92. The summed E-state index contributed by atoms with van der Waals surface area (Å²) in [7, 11) is 0. The van der Waals surface area contributed by atoms with Crippen LogP contribution < -0.4 is 4.74 Å². The van der Waals surface area contributed by atoms with Gasteiger partial charge in [0.25, 0.3) is 0 Å². The van der Waals surface area contributed by atoms with Crippen molar-refractivity contribution in [2.45, 2.75) is 38.2 Å². The fourth-order valence-electron chi connectivity index (χ4n) is 4.26. The Morgan fingerprint density at radius 2 is 1.83 bits per heavy atom. The second-order valence-corrected chi connectivity index (χ2v) is 8.63. The Morgan fingerprint density at radius 1 is 1.04 bits per heavy atom. The van der Waals surface area contributed by atoms with Crippen LogP contribution in [0.3, 0.4) is 0 Å². The van der Waals surface area contributed by atoms with E-state index in [1.54, 1.807) is 0 Å². The summed E-state index contributed by atoms with van der Waals surface area (Å²) in [6.45, 7) is 0. The van der Waals surface area contributed by atoms with Gasteiger partial charge >= 0.3 is 0 Å². The monoisotopic (exact) mass is 450 g/mol. The van der Waals surface area contributed by atoms with Crippen LogP contribution >= 0.6 is 31.9 Å². The quantitative estimate of drug-likeness (QED) is 0.617. The molecule has 0 bridgehead atoms. The molecule has 0 spiro atoms. The summed E-state index contributed by atoms with van der Waals surface area (Å²) in [5, 5.41) is 10.3. The van der Waals surface area contributed by atoms with Gasteiger partial charge in [-0.05, 0) is 80.8 Å². The zero-order valence-electron chi connectivity index (χ0n) is 13.3. The summed E-state index contributed by atoms with van der Waals surface area (Å²) in [5.41, 5.74) is 2.33. The maximum absolute atomic E-state index is 10.3. The Hall–Kier alpha value is -1.00. The fraction of sp³-hybridized carbons (Fsp3) is 0.400. The first-order valence-electron chi connectivity index (χ1n) is 8.54. The molecule has 126 valence electrons. The van der Waals surface area contributed by atoms with E-state index in [1.165, 1.54) is 18.4 Å². The smallest absolute Gasteiger partial charge is 0.137 e. The van der Waals surface area contributed by atoms with Gasteiger partial charge in [-0.1, -0.05) is 30.7 Å². The summed E-state index contributed by atoms with van der Waals surface area (Å²) in [5.74, 6) is 2.42. The van der Waals surface area contributed by atoms with Crippen LogP contribution in [0, 0.1) is 11.8 Å². The Labute approximate surface area is 159 Å². The predicted octanol–water partition coefficient (Wildman–Crippen LogP) is 5.88. The number of para-hydroxylation sites is 2. The molecule has 0 aromatic heterocycles. The van der Waals surface area contributed by atoms with Gasteiger partial charge in [0, 0.05) is 11.8 Å². The SMILES string of the molecule is Oc1c(Br)cccc1C[C@H]1CCCC2Cc3cccc(Br)c3OC21. The van der Waals surface area contributed by atoms with Gasteiger partial charge in [-0.25, -0.2) is 0 Å². The van der Waals surface area contributed by atoms with Crippen molar-refractivity contribution < 1.29 is 9.84 Å². The van der Waals surface area contributed by atoms with Crippen LogP contribution in [0.4, 0.5) is 0 Å². The third-order valence-electron chi connectivity index (χ3n) is 5.42. The molecule has 1 aliphatic carbocycles. The summed E-state index contributed by atoms with van der Waals surface area (Å²) in [6.07, 6.45) is 5.84. The van der Waals surface area contributed by atoms with Crippen LogP contribution in [-0.2, 0) is 12.8 Å². The molecule has 24 heavy (non-hydrogen) atoms. The molecule has 1 aliphatic heterocycles. The summed E-state index contributed by atoms with van der Waals surface area (Å²) < 4.78 is 8.30. The van der Waals surface area contributed by atoms with Gasteiger partial charge in [-0.3, -0.25) is 0 Å². The predicted molar refractivity (Wildman–Crippen MR) is 103 cm³/mol. The lowest BCUT2D eigenvalue weighted by molar-refractivity contribution is 0.0237. The van der Waals surface area contributed by atoms with Crippen molar-refractivity contribution >= 4 is 31.9 Å². The molecule has 1 heterocycles. The van der Waals surface area contributed by atoms with Crippen molar-refractivity contribution in [3.63, 3.8) is 0 Å². The van der Waals surface area contributed by atoms with Gasteiger partial charge in [-0.15, -0.1) is 0 Å². The third-order valence-corrected chi connectivity index (χ3v) is 6.68. The molecule has 2 nitrogen and oxygen atoms in total. The van der Waals surface area contributed by atoms with Crippen LogP contribution in [0.25, 0.3) is 0 Å². The van der Waals surface area contributed by atoms with E-state index in [-0.39, 0.29) is 6.10 Å². The van der Waals surface area contributed by atoms with E-state index in [4.69, 9.17) is 4.74 Å². The van der Waals surface area contributed by atoms with E-state index in [2.05, 4.69) is 50.1 Å². The molecule has 0 radical (unpaired) electrons. The highest BCUT2D eigenvalue weighted by Gasteiger charge is 2.39. The van der Waals surface area contributed by atoms with Gasteiger partial charge in [0.05, 0.1) is 8.95 Å². The number of halogens is 2. The Balaban J connectivity index is 1.61. The standard InChI is InChI=1S/C20H20Br2O2/c21-16-8-2-4-12(18(16)23)10-13-5-1-6-14-11-15-7-3-9-17(22)20(15)24-19(13)14/h2-4,7-9,13-14,19,23H,1,5-6,10-11H2/t13-,14?,19?/m1/s1. The average Bonchev–Trinajstić information content (AvgIpc) is 2.58. The van der Waals surface area contributed by atoms with E-state index in [1.807, 2.05) is 18.2 Å². The van der Waals surface area contributed by atoms with E-state index in [0.717, 1.165) is 39.5 Å². The highest BCUT2D eigenvalue weighted by Crippen LogP contribution is 2.45. The number of fused-ring (bicyclic) bond motifs is 2. The van der Waals surface area contributed by atoms with Gasteiger partial charge in [0.2, 0.25) is 0 Å². The maximum atomic E-state index is 10.3. The van der Waals surface area contributed by atoms with Crippen LogP contribution in [0.5, 0.6) is 11.5 Å². The van der Waals surface area contributed by atoms with Crippen molar-refractivity contribution in [3.05, 3.63) is 56.5 Å². The lowest BCUT2D eigenvalue weighted by Crippen LogP contribution is -2.43. The maximum Gasteiger partial charge on any atom is 0.137 e. The van der Waals surface area contributed by atoms with Crippen LogP contribution in [0.2, 0.25) is 0 Å². The minimum absolute atomic E-state index is 0.239. The van der Waals surface area contributed by atoms with E-state index in [0.29, 0.717) is 17.6 Å². The van der Waals surface area contributed by atoms with Crippen LogP contribution in [-0.4, -0.2) is 11.2 Å². The minimum Gasteiger partial charge on any atom is -0.506 e. The zero-order valence-corrected chi connectivity index (χ0v) is 16.5. The normalized spacial score (nSPS) is 25.5. The van der Waals surface area contributed by atoms with E-state index < -0.39 is 0 Å². The van der Waals surface area contributed by atoms with E-state index in [9.17, 15) is 5.11 Å². The van der Waals surface area contributed by atoms with Crippen molar-refractivity contribution in [3.8, 4) is 11.5 Å². The number of benzene rings is 2. The van der Waals surface area contributed by atoms with Crippen LogP contribution in [0.1, 0.15) is 30.4 Å². The summed E-state index contributed by atoms with van der Waals surface area (Å²) in [6, 6.07) is 12.2. The molecule has 4 heteroatoms. The number of ether oxygens (including phenoxy) is 1. The number of aromatic hydroxyl groups is 1. The van der Waals surface area contributed by atoms with E-state index >= 15 is 0 Å². The topological polar surface area (TPSA) is 29.5 Å². The highest BCUT2D eigenvalue weighted by molar-refractivity contribution is 9.10. The number of hydrogen-bond acceptors (Lipinski definition) is 2. The molecule has 2 aliphatic rings. The fourth-order valence-corrected chi connectivity index (χ4v) is 5.16. The first kappa shape index (κ1) is 16.5. The molecule has 2 aromatic carbocycles. The lowest BCUT2D eigenvalue weighted by Gasteiger charge is -2.42. The molecule has 2 unspecified atom stereocenters. The number of phenols is 1. The molecule has 1 N–H and O–H groups in total. The van der Waals surface area contributed by atoms with Crippen LogP contribution in [0.15, 0.2) is 45.3 Å². The molecule has 0 saturated heterocycles. The van der Waals surface area contributed by atoms with Crippen molar-refractivity contribution in [1.82, 2.24) is 0 Å². The first-order valence-corrected chi connectivity index (χ1v) is 10.1. The molecule has 2 aromatic rings. The average molecular weight is 452 g/mol. The Kier molecular flexibility index (Phi) is 4.61. The largest absolute Gasteiger partial charge is 0.506 e. The molecular weight excluding hydrogens is 432 g/mol. The Morgan fingerprint density at radius 3 is 2.71 bits per heavy atom. The molecule has 1 fully saturated rings. The zero-order chi connectivity index (χ0) is 16.7. The van der Waals surface area contributed by atoms with Crippen molar-refractivity contribution in [2.24, 2.45) is 11.8 Å². The van der Waals surface area contributed by atoms with Gasteiger partial charge in [0.15, 0.2) is 0 Å². The molecule has 0 amide bonds. The Bertz CT molecular complexity index is 759. The van der Waals surface area contributed by atoms with Crippen molar-refractivity contribution in [2.75, 3.05) is 0 Å². The number of rotatable bonds is 2. The highest BCUT2D eigenvalue weighted by atomic mass is 79.9. The van der Waals surface area contributed by atoms with Gasteiger partial charge < -0.3 is 9.84 Å².